The third kappa shape index (κ3) is 3.64. The van der Waals surface area contributed by atoms with Gasteiger partial charge in [0.2, 0.25) is 0 Å². The standard InChI is InChI=1S/C11H14BrF2N3O/c12-7-2-1-3-8(10(7)11(15)16)17(4-5-18)6-9(13)14/h1-3,9,18H,4-6H2,(H3,15,16). The van der Waals surface area contributed by atoms with E-state index in [1.54, 1.807) is 18.2 Å². The summed E-state index contributed by atoms with van der Waals surface area (Å²) in [6, 6.07) is 4.95. The van der Waals surface area contributed by atoms with Crippen LogP contribution in [0.15, 0.2) is 22.7 Å². The van der Waals surface area contributed by atoms with Crippen LogP contribution in [-0.2, 0) is 0 Å². The van der Waals surface area contributed by atoms with Gasteiger partial charge >= 0.3 is 0 Å². The Bertz CT molecular complexity index is 429. The number of rotatable bonds is 6. The van der Waals surface area contributed by atoms with Crippen LogP contribution >= 0.6 is 15.9 Å². The number of aliphatic hydroxyl groups is 1. The summed E-state index contributed by atoms with van der Waals surface area (Å²) >= 11 is 3.24. The number of aliphatic hydroxyl groups excluding tert-OH is 1. The summed E-state index contributed by atoms with van der Waals surface area (Å²) in [5.74, 6) is -0.213. The maximum absolute atomic E-state index is 12.5. The molecule has 100 valence electrons. The topological polar surface area (TPSA) is 73.3 Å². The van der Waals surface area contributed by atoms with Crippen molar-refractivity contribution in [1.82, 2.24) is 0 Å². The van der Waals surface area contributed by atoms with E-state index in [1.807, 2.05) is 0 Å². The Morgan fingerprint density at radius 1 is 1.50 bits per heavy atom. The molecule has 0 aliphatic heterocycles. The molecule has 0 aliphatic rings. The Morgan fingerprint density at radius 3 is 2.67 bits per heavy atom. The number of hydrogen-bond acceptors (Lipinski definition) is 3. The van der Waals surface area contributed by atoms with Crippen LogP contribution in [0.1, 0.15) is 5.56 Å². The van der Waals surface area contributed by atoms with Gasteiger partial charge in [-0.1, -0.05) is 6.07 Å². The zero-order valence-electron chi connectivity index (χ0n) is 9.54. The molecule has 1 aromatic rings. The van der Waals surface area contributed by atoms with Crippen molar-refractivity contribution >= 4 is 27.5 Å². The maximum Gasteiger partial charge on any atom is 0.255 e. The molecular weight excluding hydrogens is 308 g/mol. The summed E-state index contributed by atoms with van der Waals surface area (Å²) in [5, 5.41) is 16.4. The van der Waals surface area contributed by atoms with Gasteiger partial charge in [-0.25, -0.2) is 8.78 Å². The molecule has 0 bridgehead atoms. The zero-order valence-corrected chi connectivity index (χ0v) is 11.1. The van der Waals surface area contributed by atoms with Gasteiger partial charge in [-0.2, -0.15) is 0 Å². The smallest absolute Gasteiger partial charge is 0.255 e. The van der Waals surface area contributed by atoms with Crippen LogP contribution in [0.4, 0.5) is 14.5 Å². The van der Waals surface area contributed by atoms with Gasteiger partial charge < -0.3 is 15.7 Å². The number of halogens is 3. The fraction of sp³-hybridized carbons (Fsp3) is 0.364. The van der Waals surface area contributed by atoms with Crippen LogP contribution in [0.25, 0.3) is 0 Å². The van der Waals surface area contributed by atoms with Crippen molar-refractivity contribution in [1.29, 1.82) is 5.41 Å². The number of nitrogen functional groups attached to an aromatic ring is 1. The monoisotopic (exact) mass is 321 g/mol. The molecule has 1 rings (SSSR count). The van der Waals surface area contributed by atoms with Crippen molar-refractivity contribution in [3.8, 4) is 0 Å². The molecule has 0 atom stereocenters. The lowest BCUT2D eigenvalue weighted by Gasteiger charge is -2.26. The second-order valence-electron chi connectivity index (χ2n) is 3.61. The number of amidine groups is 1. The highest BCUT2D eigenvalue weighted by molar-refractivity contribution is 9.10. The van der Waals surface area contributed by atoms with Crippen molar-refractivity contribution in [3.63, 3.8) is 0 Å². The zero-order chi connectivity index (χ0) is 13.7. The number of anilines is 1. The molecule has 0 saturated heterocycles. The fourth-order valence-electron chi connectivity index (χ4n) is 1.64. The number of alkyl halides is 2. The summed E-state index contributed by atoms with van der Waals surface area (Å²) in [6.45, 7) is -0.713. The van der Waals surface area contributed by atoms with Gasteiger partial charge in [0.05, 0.1) is 18.7 Å². The minimum Gasteiger partial charge on any atom is -0.395 e. The van der Waals surface area contributed by atoms with E-state index in [4.69, 9.17) is 16.2 Å². The first-order valence-electron chi connectivity index (χ1n) is 5.24. The summed E-state index contributed by atoms with van der Waals surface area (Å²) < 4.78 is 25.6. The number of nitrogens with one attached hydrogen (secondary N) is 1. The molecular formula is C11H14BrF2N3O. The Balaban J connectivity index is 3.18. The van der Waals surface area contributed by atoms with E-state index < -0.39 is 13.0 Å². The van der Waals surface area contributed by atoms with Crippen LogP contribution in [0.3, 0.4) is 0 Å². The summed E-state index contributed by atoms with van der Waals surface area (Å²) in [5.41, 5.74) is 6.22. The molecule has 0 aliphatic carbocycles. The van der Waals surface area contributed by atoms with E-state index in [1.165, 1.54) is 4.90 Å². The van der Waals surface area contributed by atoms with Crippen LogP contribution in [-0.4, -0.2) is 37.1 Å². The van der Waals surface area contributed by atoms with Crippen LogP contribution in [0, 0.1) is 5.41 Å². The van der Waals surface area contributed by atoms with E-state index in [-0.39, 0.29) is 19.0 Å². The lowest BCUT2D eigenvalue weighted by Crippen LogP contribution is -2.33. The predicted molar refractivity (Wildman–Crippen MR) is 70.5 cm³/mol. The molecule has 4 N–H and O–H groups in total. The van der Waals surface area contributed by atoms with Crippen molar-refractivity contribution in [2.45, 2.75) is 6.43 Å². The first kappa shape index (κ1) is 14.8. The van der Waals surface area contributed by atoms with Crippen molar-refractivity contribution < 1.29 is 13.9 Å². The van der Waals surface area contributed by atoms with Gasteiger partial charge in [-0.3, -0.25) is 5.41 Å². The lowest BCUT2D eigenvalue weighted by atomic mass is 10.1. The molecule has 0 unspecified atom stereocenters. The highest BCUT2D eigenvalue weighted by atomic mass is 79.9. The largest absolute Gasteiger partial charge is 0.395 e. The van der Waals surface area contributed by atoms with Gasteiger partial charge in [0.1, 0.15) is 5.84 Å². The summed E-state index contributed by atoms with van der Waals surface area (Å²) in [6.07, 6.45) is -2.53. The van der Waals surface area contributed by atoms with E-state index in [0.29, 0.717) is 15.7 Å². The Labute approximate surface area is 112 Å². The number of hydrogen-bond donors (Lipinski definition) is 3. The molecule has 0 radical (unpaired) electrons. The van der Waals surface area contributed by atoms with E-state index in [9.17, 15) is 8.78 Å². The van der Waals surface area contributed by atoms with Crippen molar-refractivity contribution in [2.75, 3.05) is 24.6 Å². The lowest BCUT2D eigenvalue weighted by molar-refractivity contribution is 0.153. The molecule has 0 spiro atoms. The summed E-state index contributed by atoms with van der Waals surface area (Å²) in [4.78, 5) is 1.31. The normalized spacial score (nSPS) is 10.7. The average Bonchev–Trinajstić information content (AvgIpc) is 2.27. The van der Waals surface area contributed by atoms with Gasteiger partial charge in [-0.05, 0) is 28.1 Å². The molecule has 18 heavy (non-hydrogen) atoms. The summed E-state index contributed by atoms with van der Waals surface area (Å²) in [7, 11) is 0. The molecule has 0 fully saturated rings. The molecule has 1 aromatic carbocycles. The quantitative estimate of drug-likeness (QED) is 0.552. The maximum atomic E-state index is 12.5. The van der Waals surface area contributed by atoms with Gasteiger partial charge in [0.15, 0.2) is 0 Å². The van der Waals surface area contributed by atoms with Gasteiger partial charge in [-0.15, -0.1) is 0 Å². The molecule has 0 heterocycles. The number of nitrogens with zero attached hydrogens (tertiary/aromatic N) is 1. The van der Waals surface area contributed by atoms with Crippen LogP contribution in [0.2, 0.25) is 0 Å². The Morgan fingerprint density at radius 2 is 2.17 bits per heavy atom. The number of benzene rings is 1. The third-order valence-corrected chi connectivity index (χ3v) is 2.99. The first-order valence-corrected chi connectivity index (χ1v) is 6.03. The van der Waals surface area contributed by atoms with Crippen molar-refractivity contribution in [3.05, 3.63) is 28.2 Å². The Kier molecular flexibility index (Phi) is 5.49. The van der Waals surface area contributed by atoms with E-state index in [0.717, 1.165) is 0 Å². The van der Waals surface area contributed by atoms with Crippen molar-refractivity contribution in [2.24, 2.45) is 5.73 Å². The third-order valence-electron chi connectivity index (χ3n) is 2.33. The molecule has 7 heteroatoms. The second-order valence-corrected chi connectivity index (χ2v) is 4.46. The fourth-order valence-corrected chi connectivity index (χ4v) is 2.21. The SMILES string of the molecule is N=C(N)c1c(Br)cccc1N(CCO)CC(F)F. The highest BCUT2D eigenvalue weighted by Gasteiger charge is 2.18. The average molecular weight is 322 g/mol. The second kappa shape index (κ2) is 6.65. The van der Waals surface area contributed by atoms with Crippen LogP contribution < -0.4 is 10.6 Å². The molecule has 0 aromatic heterocycles. The molecule has 4 nitrogen and oxygen atoms in total. The van der Waals surface area contributed by atoms with Crippen LogP contribution in [0.5, 0.6) is 0 Å². The predicted octanol–water partition coefficient (Wildman–Crippen LogP) is 1.80. The minimum absolute atomic E-state index is 0.0566. The van der Waals surface area contributed by atoms with E-state index >= 15 is 0 Å². The molecule has 0 amide bonds. The first-order chi connectivity index (χ1) is 8.47. The highest BCUT2D eigenvalue weighted by Crippen LogP contribution is 2.27. The number of nitrogens with two attached hydrogens (primary N) is 1. The minimum atomic E-state index is -2.53. The molecule has 0 saturated carbocycles. The van der Waals surface area contributed by atoms with E-state index in [2.05, 4.69) is 15.9 Å². The Hall–Kier alpha value is -1.21. The van der Waals surface area contributed by atoms with Gasteiger partial charge in [0.25, 0.3) is 6.43 Å². The van der Waals surface area contributed by atoms with Gasteiger partial charge in [0, 0.05) is 16.7 Å².